The molecule has 0 fully saturated rings. The Hall–Kier alpha value is -2.08. The van der Waals surface area contributed by atoms with Crippen LogP contribution in [0.3, 0.4) is 0 Å². The maximum atomic E-state index is 13.2. The van der Waals surface area contributed by atoms with Gasteiger partial charge in [0.05, 0.1) is 23.6 Å². The van der Waals surface area contributed by atoms with Crippen molar-refractivity contribution in [2.75, 3.05) is 6.61 Å². The molecular weight excluding hydrogens is 293 g/mol. The van der Waals surface area contributed by atoms with Gasteiger partial charge in [0.25, 0.3) is 0 Å². The Morgan fingerprint density at radius 2 is 1.95 bits per heavy atom. The van der Waals surface area contributed by atoms with Crippen LogP contribution in [0.4, 0.5) is 13.2 Å². The summed E-state index contributed by atoms with van der Waals surface area (Å²) >= 11 is 0. The molecule has 22 heavy (non-hydrogen) atoms. The molecule has 2 rings (SSSR count). The van der Waals surface area contributed by atoms with Gasteiger partial charge in [0.2, 0.25) is 0 Å². The molecule has 1 heterocycles. The van der Waals surface area contributed by atoms with Crippen LogP contribution in [0.15, 0.2) is 36.4 Å². The van der Waals surface area contributed by atoms with Crippen LogP contribution < -0.4 is 10.5 Å². The SMILES string of the molecule is CCCOc1ccc(-c2cccc(CN)n2)cc1C(F)(F)F. The first-order chi connectivity index (χ1) is 10.5. The van der Waals surface area contributed by atoms with Gasteiger partial charge < -0.3 is 10.5 Å². The van der Waals surface area contributed by atoms with Crippen molar-refractivity contribution in [1.29, 1.82) is 0 Å². The second kappa shape index (κ2) is 6.79. The minimum Gasteiger partial charge on any atom is -0.493 e. The second-order valence-electron chi connectivity index (χ2n) is 4.78. The van der Waals surface area contributed by atoms with Gasteiger partial charge in [0.15, 0.2) is 0 Å². The normalized spacial score (nSPS) is 11.5. The van der Waals surface area contributed by atoms with E-state index in [1.807, 2.05) is 6.92 Å². The first-order valence-electron chi connectivity index (χ1n) is 6.96. The number of halogens is 3. The van der Waals surface area contributed by atoms with Gasteiger partial charge in [0, 0.05) is 12.1 Å². The minimum atomic E-state index is -4.48. The Kier molecular flexibility index (Phi) is 5.03. The maximum absolute atomic E-state index is 13.2. The number of nitrogens with zero attached hydrogens (tertiary/aromatic N) is 1. The van der Waals surface area contributed by atoms with Crippen molar-refractivity contribution in [3.8, 4) is 17.0 Å². The summed E-state index contributed by atoms with van der Waals surface area (Å²) in [5.74, 6) is -0.159. The van der Waals surface area contributed by atoms with E-state index < -0.39 is 11.7 Å². The van der Waals surface area contributed by atoms with Crippen molar-refractivity contribution >= 4 is 0 Å². The first-order valence-corrected chi connectivity index (χ1v) is 6.96. The van der Waals surface area contributed by atoms with Crippen molar-refractivity contribution in [3.63, 3.8) is 0 Å². The molecule has 0 saturated carbocycles. The minimum absolute atomic E-state index is 0.159. The molecule has 0 spiro atoms. The summed E-state index contributed by atoms with van der Waals surface area (Å²) in [6, 6.07) is 9.08. The third-order valence-electron chi connectivity index (χ3n) is 3.06. The van der Waals surface area contributed by atoms with Crippen LogP contribution >= 0.6 is 0 Å². The van der Waals surface area contributed by atoms with Crippen LogP contribution in [0.5, 0.6) is 5.75 Å². The molecule has 2 N–H and O–H groups in total. The van der Waals surface area contributed by atoms with Crippen molar-refractivity contribution in [2.45, 2.75) is 26.1 Å². The number of hydrogen-bond donors (Lipinski definition) is 1. The van der Waals surface area contributed by atoms with E-state index in [4.69, 9.17) is 10.5 Å². The zero-order valence-corrected chi connectivity index (χ0v) is 12.2. The molecule has 0 aliphatic carbocycles. The summed E-state index contributed by atoms with van der Waals surface area (Å²) in [6.07, 6.45) is -3.84. The standard InChI is InChI=1S/C16H17F3N2O/c1-2-8-22-15-7-6-11(9-13(15)16(17,18)19)14-5-3-4-12(10-20)21-14/h3-7,9H,2,8,10,20H2,1H3. The van der Waals surface area contributed by atoms with Crippen molar-refractivity contribution in [2.24, 2.45) is 5.73 Å². The van der Waals surface area contributed by atoms with E-state index in [-0.39, 0.29) is 18.9 Å². The van der Waals surface area contributed by atoms with Crippen LogP contribution in [-0.2, 0) is 12.7 Å². The molecule has 0 saturated heterocycles. The lowest BCUT2D eigenvalue weighted by Crippen LogP contribution is -2.09. The van der Waals surface area contributed by atoms with E-state index in [9.17, 15) is 13.2 Å². The van der Waals surface area contributed by atoms with Crippen molar-refractivity contribution < 1.29 is 17.9 Å². The molecular formula is C16H17F3N2O. The quantitative estimate of drug-likeness (QED) is 0.907. The zero-order valence-electron chi connectivity index (χ0n) is 12.2. The van der Waals surface area contributed by atoms with Crippen LogP contribution in [0.25, 0.3) is 11.3 Å². The fourth-order valence-corrected chi connectivity index (χ4v) is 2.00. The smallest absolute Gasteiger partial charge is 0.419 e. The number of benzene rings is 1. The highest BCUT2D eigenvalue weighted by Crippen LogP contribution is 2.38. The molecule has 0 amide bonds. The molecule has 0 bridgehead atoms. The predicted molar refractivity (Wildman–Crippen MR) is 78.4 cm³/mol. The number of aromatic nitrogens is 1. The van der Waals surface area contributed by atoms with Crippen LogP contribution in [0.1, 0.15) is 24.6 Å². The van der Waals surface area contributed by atoms with Crippen LogP contribution in [-0.4, -0.2) is 11.6 Å². The van der Waals surface area contributed by atoms with Crippen molar-refractivity contribution in [3.05, 3.63) is 47.7 Å². The Labute approximate surface area is 126 Å². The van der Waals surface area contributed by atoms with Crippen LogP contribution in [0, 0.1) is 0 Å². The van der Waals surface area contributed by atoms with Gasteiger partial charge in [-0.1, -0.05) is 13.0 Å². The van der Waals surface area contributed by atoms with Gasteiger partial charge >= 0.3 is 6.18 Å². The number of rotatable bonds is 5. The van der Waals surface area contributed by atoms with E-state index >= 15 is 0 Å². The van der Waals surface area contributed by atoms with Gasteiger partial charge in [-0.25, -0.2) is 0 Å². The highest BCUT2D eigenvalue weighted by atomic mass is 19.4. The monoisotopic (exact) mass is 310 g/mol. The van der Waals surface area contributed by atoms with E-state index in [1.54, 1.807) is 24.3 Å². The average Bonchev–Trinajstić information content (AvgIpc) is 2.52. The topological polar surface area (TPSA) is 48.1 Å². The molecule has 118 valence electrons. The number of ether oxygens (including phenoxy) is 1. The Morgan fingerprint density at radius 1 is 1.18 bits per heavy atom. The molecule has 3 nitrogen and oxygen atoms in total. The van der Waals surface area contributed by atoms with Gasteiger partial charge in [-0.05, 0) is 36.8 Å². The lowest BCUT2D eigenvalue weighted by Gasteiger charge is -2.15. The Bertz CT molecular complexity index is 642. The lowest BCUT2D eigenvalue weighted by molar-refractivity contribution is -0.138. The molecule has 0 radical (unpaired) electrons. The molecule has 6 heteroatoms. The molecule has 0 unspecified atom stereocenters. The molecule has 2 aromatic rings. The predicted octanol–water partition coefficient (Wildman–Crippen LogP) is 4.01. The number of pyridine rings is 1. The molecule has 1 aromatic heterocycles. The van der Waals surface area contributed by atoms with E-state index in [0.717, 1.165) is 6.07 Å². The van der Waals surface area contributed by atoms with E-state index in [2.05, 4.69) is 4.98 Å². The number of alkyl halides is 3. The highest BCUT2D eigenvalue weighted by molar-refractivity contribution is 5.62. The highest BCUT2D eigenvalue weighted by Gasteiger charge is 2.34. The summed E-state index contributed by atoms with van der Waals surface area (Å²) in [7, 11) is 0. The van der Waals surface area contributed by atoms with E-state index in [1.165, 1.54) is 6.07 Å². The Morgan fingerprint density at radius 3 is 2.59 bits per heavy atom. The number of nitrogens with two attached hydrogens (primary N) is 1. The summed E-state index contributed by atoms with van der Waals surface area (Å²) in [5, 5.41) is 0. The van der Waals surface area contributed by atoms with Crippen molar-refractivity contribution in [1.82, 2.24) is 4.98 Å². The van der Waals surface area contributed by atoms with E-state index in [0.29, 0.717) is 23.4 Å². The van der Waals surface area contributed by atoms with Gasteiger partial charge in [-0.2, -0.15) is 13.2 Å². The molecule has 0 atom stereocenters. The third-order valence-corrected chi connectivity index (χ3v) is 3.06. The molecule has 0 aliphatic rings. The van der Waals surface area contributed by atoms with Gasteiger partial charge in [-0.15, -0.1) is 0 Å². The largest absolute Gasteiger partial charge is 0.493 e. The summed E-state index contributed by atoms with van der Waals surface area (Å²) in [6.45, 7) is 2.31. The second-order valence-corrected chi connectivity index (χ2v) is 4.78. The summed E-state index contributed by atoms with van der Waals surface area (Å²) < 4.78 is 44.8. The maximum Gasteiger partial charge on any atom is 0.419 e. The first kappa shape index (κ1) is 16.3. The third kappa shape index (κ3) is 3.76. The van der Waals surface area contributed by atoms with Gasteiger partial charge in [-0.3, -0.25) is 4.98 Å². The Balaban J connectivity index is 2.45. The fraction of sp³-hybridized carbons (Fsp3) is 0.312. The average molecular weight is 310 g/mol. The molecule has 1 aromatic carbocycles. The zero-order chi connectivity index (χ0) is 16.2. The fourth-order valence-electron chi connectivity index (χ4n) is 2.00. The summed E-state index contributed by atoms with van der Waals surface area (Å²) in [4.78, 5) is 4.24. The van der Waals surface area contributed by atoms with Gasteiger partial charge in [0.1, 0.15) is 5.75 Å². The molecule has 0 aliphatic heterocycles. The van der Waals surface area contributed by atoms with Crippen LogP contribution in [0.2, 0.25) is 0 Å². The lowest BCUT2D eigenvalue weighted by atomic mass is 10.1. The summed E-state index contributed by atoms with van der Waals surface area (Å²) in [5.41, 5.74) is 6.18. The number of hydrogen-bond acceptors (Lipinski definition) is 3.